The molecular formula is C23H20F2N4O2. The lowest BCUT2D eigenvalue weighted by molar-refractivity contribution is -0.117. The molecule has 2 N–H and O–H groups in total. The van der Waals surface area contributed by atoms with Crippen molar-refractivity contribution in [2.24, 2.45) is 5.92 Å². The van der Waals surface area contributed by atoms with Crippen molar-refractivity contribution in [1.29, 1.82) is 0 Å². The highest BCUT2D eigenvalue weighted by Gasteiger charge is 2.30. The van der Waals surface area contributed by atoms with E-state index in [-0.39, 0.29) is 23.4 Å². The van der Waals surface area contributed by atoms with Gasteiger partial charge in [0.1, 0.15) is 0 Å². The molecule has 1 heterocycles. The molecule has 2 aromatic carbocycles. The molecule has 0 bridgehead atoms. The van der Waals surface area contributed by atoms with Gasteiger partial charge in [-0.25, -0.2) is 13.5 Å². The number of rotatable bonds is 5. The maximum absolute atomic E-state index is 13.7. The fraction of sp³-hybridized carbons (Fsp3) is 0.261. The number of amides is 2. The van der Waals surface area contributed by atoms with Gasteiger partial charge in [-0.05, 0) is 62.4 Å². The van der Waals surface area contributed by atoms with E-state index in [1.165, 1.54) is 10.7 Å². The number of carbonyl (C=O) groups is 2. The Morgan fingerprint density at radius 1 is 0.968 bits per heavy atom. The van der Waals surface area contributed by atoms with Crippen molar-refractivity contribution in [3.05, 3.63) is 71.1 Å². The molecule has 2 aliphatic rings. The average molecular weight is 422 g/mol. The molecule has 31 heavy (non-hydrogen) atoms. The van der Waals surface area contributed by atoms with E-state index in [2.05, 4.69) is 15.7 Å². The van der Waals surface area contributed by atoms with Crippen LogP contribution in [0.4, 0.5) is 20.2 Å². The third-order valence-electron chi connectivity index (χ3n) is 5.63. The third-order valence-corrected chi connectivity index (χ3v) is 5.63. The number of nitrogens with zero attached hydrogens (tertiary/aromatic N) is 2. The first-order valence-electron chi connectivity index (χ1n) is 10.3. The van der Waals surface area contributed by atoms with Crippen LogP contribution < -0.4 is 10.6 Å². The van der Waals surface area contributed by atoms with E-state index in [0.717, 1.165) is 42.7 Å². The number of carbonyl (C=O) groups excluding carboxylic acids is 2. The van der Waals surface area contributed by atoms with Gasteiger partial charge in [-0.3, -0.25) is 9.59 Å². The van der Waals surface area contributed by atoms with Crippen molar-refractivity contribution in [3.8, 4) is 5.69 Å². The van der Waals surface area contributed by atoms with Crippen LogP contribution in [0.5, 0.6) is 0 Å². The van der Waals surface area contributed by atoms with Gasteiger partial charge >= 0.3 is 0 Å². The van der Waals surface area contributed by atoms with Crippen molar-refractivity contribution >= 4 is 23.2 Å². The second kappa shape index (κ2) is 7.61. The number of hydrogen-bond donors (Lipinski definition) is 2. The molecule has 0 unspecified atom stereocenters. The lowest BCUT2D eigenvalue weighted by Crippen LogP contribution is -2.16. The molecule has 0 spiro atoms. The highest BCUT2D eigenvalue weighted by atomic mass is 19.2. The minimum atomic E-state index is -0.962. The molecule has 5 rings (SSSR count). The van der Waals surface area contributed by atoms with Crippen LogP contribution in [-0.4, -0.2) is 21.6 Å². The number of nitrogens with one attached hydrogen (secondary N) is 2. The summed E-state index contributed by atoms with van der Waals surface area (Å²) in [4.78, 5) is 25.0. The molecule has 0 atom stereocenters. The van der Waals surface area contributed by atoms with Gasteiger partial charge in [-0.2, -0.15) is 5.10 Å². The molecule has 1 fully saturated rings. The minimum absolute atomic E-state index is 0.00781. The quantitative estimate of drug-likeness (QED) is 0.646. The monoisotopic (exact) mass is 422 g/mol. The summed E-state index contributed by atoms with van der Waals surface area (Å²) < 4.78 is 28.6. The van der Waals surface area contributed by atoms with E-state index in [0.29, 0.717) is 29.9 Å². The molecule has 3 aromatic rings. The van der Waals surface area contributed by atoms with E-state index >= 15 is 0 Å². The van der Waals surface area contributed by atoms with Crippen LogP contribution in [0.3, 0.4) is 0 Å². The van der Waals surface area contributed by atoms with Crippen molar-refractivity contribution in [3.63, 3.8) is 0 Å². The molecule has 2 aliphatic carbocycles. The summed E-state index contributed by atoms with van der Waals surface area (Å²) in [5.41, 5.74) is 3.45. The van der Waals surface area contributed by atoms with Crippen molar-refractivity contribution < 1.29 is 18.4 Å². The van der Waals surface area contributed by atoms with Gasteiger partial charge in [0.25, 0.3) is 5.91 Å². The number of fused-ring (bicyclic) bond motifs is 1. The van der Waals surface area contributed by atoms with Crippen LogP contribution >= 0.6 is 0 Å². The Hall–Kier alpha value is -3.55. The number of aromatic nitrogens is 2. The summed E-state index contributed by atoms with van der Waals surface area (Å²) >= 11 is 0. The van der Waals surface area contributed by atoms with Crippen LogP contribution in [0.15, 0.2) is 42.5 Å². The minimum Gasteiger partial charge on any atom is -0.326 e. The van der Waals surface area contributed by atoms with Crippen molar-refractivity contribution in [2.45, 2.75) is 32.1 Å². The largest absolute Gasteiger partial charge is 0.326 e. The van der Waals surface area contributed by atoms with Crippen LogP contribution in [0.1, 0.15) is 41.0 Å². The van der Waals surface area contributed by atoms with E-state index in [1.54, 1.807) is 24.3 Å². The van der Waals surface area contributed by atoms with Gasteiger partial charge in [-0.15, -0.1) is 0 Å². The van der Waals surface area contributed by atoms with Crippen LogP contribution in [0, 0.1) is 17.6 Å². The van der Waals surface area contributed by atoms with E-state index < -0.39 is 11.6 Å². The van der Waals surface area contributed by atoms with Gasteiger partial charge in [-0.1, -0.05) is 6.07 Å². The van der Waals surface area contributed by atoms with Crippen LogP contribution in [0.2, 0.25) is 0 Å². The molecule has 8 heteroatoms. The molecule has 6 nitrogen and oxygen atoms in total. The molecule has 0 saturated heterocycles. The van der Waals surface area contributed by atoms with Gasteiger partial charge < -0.3 is 10.6 Å². The maximum atomic E-state index is 13.7. The summed E-state index contributed by atoms with van der Waals surface area (Å²) in [6.45, 7) is 0. The van der Waals surface area contributed by atoms with E-state index in [9.17, 15) is 18.4 Å². The number of benzene rings is 2. The number of halogens is 2. The fourth-order valence-electron chi connectivity index (χ4n) is 3.90. The predicted molar refractivity (Wildman–Crippen MR) is 111 cm³/mol. The van der Waals surface area contributed by atoms with E-state index in [4.69, 9.17) is 0 Å². The van der Waals surface area contributed by atoms with Crippen LogP contribution in [-0.2, 0) is 17.6 Å². The predicted octanol–water partition coefficient (Wildman–Crippen LogP) is 4.24. The fourth-order valence-corrected chi connectivity index (χ4v) is 3.90. The molecule has 1 saturated carbocycles. The zero-order valence-electron chi connectivity index (χ0n) is 16.6. The second-order valence-electron chi connectivity index (χ2n) is 7.94. The van der Waals surface area contributed by atoms with Crippen LogP contribution in [0.25, 0.3) is 5.69 Å². The normalized spacial score (nSPS) is 14.9. The number of hydrogen-bond acceptors (Lipinski definition) is 3. The molecule has 1 aromatic heterocycles. The van der Waals surface area contributed by atoms with Gasteiger partial charge in [0.2, 0.25) is 5.91 Å². The molecule has 158 valence electrons. The third kappa shape index (κ3) is 3.81. The Bertz CT molecular complexity index is 1200. The Morgan fingerprint density at radius 2 is 1.74 bits per heavy atom. The lowest BCUT2D eigenvalue weighted by atomic mass is 10.2. The van der Waals surface area contributed by atoms with Gasteiger partial charge in [0, 0.05) is 34.6 Å². The average Bonchev–Trinajstić information content (AvgIpc) is 3.38. The Labute approximate surface area is 177 Å². The zero-order chi connectivity index (χ0) is 21.5. The highest BCUT2D eigenvalue weighted by Crippen LogP contribution is 2.31. The highest BCUT2D eigenvalue weighted by molar-refractivity contribution is 6.04. The standard InChI is InChI=1S/C23H20F2N4O2/c24-18-10-9-16(12-19(18)25)29-20-6-2-5-17(20)21(28-29)23(31)27-15-4-1-3-14(11-15)26-22(30)13-7-8-13/h1,3-4,9-13H,2,5-8H2,(H,26,30)(H,27,31). The molecule has 0 radical (unpaired) electrons. The summed E-state index contributed by atoms with van der Waals surface area (Å²) in [6, 6.07) is 10.5. The molecular weight excluding hydrogens is 402 g/mol. The second-order valence-corrected chi connectivity index (χ2v) is 7.94. The Balaban J connectivity index is 1.40. The lowest BCUT2D eigenvalue weighted by Gasteiger charge is -2.08. The summed E-state index contributed by atoms with van der Waals surface area (Å²) in [5, 5.41) is 10.1. The smallest absolute Gasteiger partial charge is 0.276 e. The van der Waals surface area contributed by atoms with Crippen molar-refractivity contribution in [1.82, 2.24) is 9.78 Å². The summed E-state index contributed by atoms with van der Waals surface area (Å²) in [5.74, 6) is -2.20. The maximum Gasteiger partial charge on any atom is 0.276 e. The molecule has 0 aliphatic heterocycles. The SMILES string of the molecule is O=C(Nc1cccc(NC(=O)C2CC2)c1)c1nn(-c2ccc(F)c(F)c2)c2c1CCC2. The van der Waals surface area contributed by atoms with E-state index in [1.807, 2.05) is 0 Å². The van der Waals surface area contributed by atoms with Gasteiger partial charge in [0.05, 0.1) is 5.69 Å². The molecule has 2 amide bonds. The topological polar surface area (TPSA) is 76.0 Å². The first kappa shape index (κ1) is 19.4. The summed E-state index contributed by atoms with van der Waals surface area (Å²) in [7, 11) is 0. The first-order chi connectivity index (χ1) is 15.0. The zero-order valence-corrected chi connectivity index (χ0v) is 16.6. The van der Waals surface area contributed by atoms with Crippen molar-refractivity contribution in [2.75, 3.05) is 10.6 Å². The summed E-state index contributed by atoms with van der Waals surface area (Å²) in [6.07, 6.45) is 4.08. The first-order valence-corrected chi connectivity index (χ1v) is 10.3. The van der Waals surface area contributed by atoms with Gasteiger partial charge in [0.15, 0.2) is 17.3 Å². The Morgan fingerprint density at radius 3 is 2.48 bits per heavy atom. The Kier molecular flexibility index (Phi) is 4.77. The number of anilines is 2.